The zero-order valence-electron chi connectivity index (χ0n) is 9.43. The van der Waals surface area contributed by atoms with Crippen molar-refractivity contribution >= 4 is 17.2 Å². The molecule has 1 heterocycles. The van der Waals surface area contributed by atoms with Gasteiger partial charge < -0.3 is 10.4 Å². The van der Waals surface area contributed by atoms with E-state index in [0.717, 1.165) is 5.56 Å². The lowest BCUT2D eigenvalue weighted by Gasteiger charge is -2.06. The Kier molecular flexibility index (Phi) is 3.44. The molecule has 0 aliphatic heterocycles. The summed E-state index contributed by atoms with van der Waals surface area (Å²) in [6.07, 6.45) is 0. The Hall–Kier alpha value is -1.81. The quantitative estimate of drug-likeness (QED) is 0.876. The molecule has 0 unspecified atom stereocenters. The van der Waals surface area contributed by atoms with Crippen LogP contribution in [0.5, 0.6) is 5.75 Å². The molecule has 0 fully saturated rings. The Morgan fingerprint density at radius 2 is 2.12 bits per heavy atom. The van der Waals surface area contributed by atoms with Crippen molar-refractivity contribution in [2.75, 3.05) is 0 Å². The number of nitrogens with one attached hydrogen (secondary N) is 1. The van der Waals surface area contributed by atoms with E-state index in [1.165, 1.54) is 11.3 Å². The predicted molar refractivity (Wildman–Crippen MR) is 68.3 cm³/mol. The Morgan fingerprint density at radius 1 is 1.35 bits per heavy atom. The molecule has 2 aromatic rings. The number of phenols is 1. The van der Waals surface area contributed by atoms with E-state index < -0.39 is 0 Å². The molecule has 0 aliphatic carbocycles. The Bertz CT molecular complexity index is 534. The minimum atomic E-state index is -0.105. The van der Waals surface area contributed by atoms with E-state index in [1.807, 2.05) is 23.8 Å². The van der Waals surface area contributed by atoms with Gasteiger partial charge in [-0.25, -0.2) is 0 Å². The smallest absolute Gasteiger partial charge is 0.252 e. The van der Waals surface area contributed by atoms with Crippen LogP contribution in [0.25, 0.3) is 0 Å². The lowest BCUT2D eigenvalue weighted by Crippen LogP contribution is -2.22. The average Bonchev–Trinajstić information content (AvgIpc) is 2.74. The lowest BCUT2D eigenvalue weighted by atomic mass is 10.2. The average molecular weight is 247 g/mol. The largest absolute Gasteiger partial charge is 0.508 e. The fourth-order valence-electron chi connectivity index (χ4n) is 1.52. The number of para-hydroxylation sites is 1. The number of benzene rings is 1. The summed E-state index contributed by atoms with van der Waals surface area (Å²) in [7, 11) is 0. The van der Waals surface area contributed by atoms with E-state index in [1.54, 1.807) is 18.2 Å². The van der Waals surface area contributed by atoms with E-state index in [4.69, 9.17) is 0 Å². The van der Waals surface area contributed by atoms with Crippen molar-refractivity contribution in [1.82, 2.24) is 5.32 Å². The fourth-order valence-corrected chi connectivity index (χ4v) is 2.35. The van der Waals surface area contributed by atoms with Crippen LogP contribution in [0.4, 0.5) is 0 Å². The standard InChI is InChI=1S/C13H13NO2S/c1-9-7-17-8-11(9)13(16)14-6-10-4-2-3-5-12(10)15/h2-5,7-8,15H,6H2,1H3,(H,14,16). The van der Waals surface area contributed by atoms with Gasteiger partial charge >= 0.3 is 0 Å². The molecule has 0 atom stereocenters. The van der Waals surface area contributed by atoms with Gasteiger partial charge in [0, 0.05) is 17.5 Å². The molecule has 1 amide bonds. The van der Waals surface area contributed by atoms with Crippen LogP contribution in [-0.2, 0) is 6.54 Å². The van der Waals surface area contributed by atoms with E-state index in [-0.39, 0.29) is 11.7 Å². The van der Waals surface area contributed by atoms with Gasteiger partial charge in [-0.3, -0.25) is 4.79 Å². The van der Waals surface area contributed by atoms with E-state index in [2.05, 4.69) is 5.32 Å². The molecular weight excluding hydrogens is 234 g/mol. The van der Waals surface area contributed by atoms with Crippen LogP contribution in [-0.4, -0.2) is 11.0 Å². The van der Waals surface area contributed by atoms with Crippen LogP contribution in [0, 0.1) is 6.92 Å². The first kappa shape index (κ1) is 11.7. The highest BCUT2D eigenvalue weighted by molar-refractivity contribution is 7.08. The van der Waals surface area contributed by atoms with Crippen molar-refractivity contribution in [2.24, 2.45) is 0 Å². The minimum absolute atomic E-state index is 0.105. The van der Waals surface area contributed by atoms with Crippen molar-refractivity contribution in [3.63, 3.8) is 0 Å². The van der Waals surface area contributed by atoms with Crippen molar-refractivity contribution < 1.29 is 9.90 Å². The van der Waals surface area contributed by atoms with Gasteiger partial charge in [0.15, 0.2) is 0 Å². The summed E-state index contributed by atoms with van der Waals surface area (Å²) in [5.74, 6) is 0.0989. The first-order valence-corrected chi connectivity index (χ1v) is 6.20. The van der Waals surface area contributed by atoms with E-state index >= 15 is 0 Å². The van der Waals surface area contributed by atoms with E-state index in [0.29, 0.717) is 17.7 Å². The molecule has 0 saturated carbocycles. The predicted octanol–water partition coefficient (Wildman–Crippen LogP) is 2.69. The molecule has 0 saturated heterocycles. The molecule has 88 valence electrons. The topological polar surface area (TPSA) is 49.3 Å². The van der Waals surface area contributed by atoms with Crippen LogP contribution in [0.15, 0.2) is 35.0 Å². The highest BCUT2D eigenvalue weighted by Crippen LogP contribution is 2.16. The van der Waals surface area contributed by atoms with Gasteiger partial charge in [-0.2, -0.15) is 11.3 Å². The number of phenolic OH excluding ortho intramolecular Hbond substituents is 1. The molecular formula is C13H13NO2S. The van der Waals surface area contributed by atoms with Crippen molar-refractivity contribution in [3.05, 3.63) is 51.7 Å². The first-order valence-electron chi connectivity index (χ1n) is 5.26. The number of hydrogen-bond donors (Lipinski definition) is 2. The SMILES string of the molecule is Cc1cscc1C(=O)NCc1ccccc1O. The minimum Gasteiger partial charge on any atom is -0.508 e. The van der Waals surface area contributed by atoms with Gasteiger partial charge in [0.2, 0.25) is 0 Å². The highest BCUT2D eigenvalue weighted by atomic mass is 32.1. The summed E-state index contributed by atoms with van der Waals surface area (Å²) in [5, 5.41) is 16.1. The van der Waals surface area contributed by atoms with Gasteiger partial charge in [0.05, 0.1) is 5.56 Å². The Labute approximate surface area is 104 Å². The molecule has 0 radical (unpaired) electrons. The second kappa shape index (κ2) is 5.01. The third-order valence-corrected chi connectivity index (χ3v) is 3.39. The zero-order chi connectivity index (χ0) is 12.3. The van der Waals surface area contributed by atoms with Crippen LogP contribution in [0.3, 0.4) is 0 Å². The van der Waals surface area contributed by atoms with E-state index in [9.17, 15) is 9.90 Å². The number of thiophene rings is 1. The molecule has 0 aliphatic rings. The second-order valence-corrected chi connectivity index (χ2v) is 4.52. The number of rotatable bonds is 3. The molecule has 0 spiro atoms. The zero-order valence-corrected chi connectivity index (χ0v) is 10.3. The molecule has 1 aromatic heterocycles. The number of aromatic hydroxyl groups is 1. The third-order valence-electron chi connectivity index (χ3n) is 2.53. The lowest BCUT2D eigenvalue weighted by molar-refractivity contribution is 0.0950. The van der Waals surface area contributed by atoms with Gasteiger partial charge in [-0.05, 0) is 23.9 Å². The molecule has 1 aromatic carbocycles. The van der Waals surface area contributed by atoms with Crippen LogP contribution in [0.2, 0.25) is 0 Å². The monoisotopic (exact) mass is 247 g/mol. The number of carbonyl (C=O) groups is 1. The Morgan fingerprint density at radius 3 is 2.76 bits per heavy atom. The number of aryl methyl sites for hydroxylation is 1. The maximum Gasteiger partial charge on any atom is 0.252 e. The fraction of sp³-hybridized carbons (Fsp3) is 0.154. The maximum absolute atomic E-state index is 11.8. The van der Waals surface area contributed by atoms with Crippen molar-refractivity contribution in [2.45, 2.75) is 13.5 Å². The summed E-state index contributed by atoms with van der Waals surface area (Å²) in [6, 6.07) is 6.98. The third kappa shape index (κ3) is 2.65. The summed E-state index contributed by atoms with van der Waals surface area (Å²) in [4.78, 5) is 11.8. The molecule has 3 nitrogen and oxygen atoms in total. The van der Waals surface area contributed by atoms with Crippen LogP contribution >= 0.6 is 11.3 Å². The summed E-state index contributed by atoms with van der Waals surface area (Å²) in [5.41, 5.74) is 2.39. The van der Waals surface area contributed by atoms with Gasteiger partial charge in [0.1, 0.15) is 5.75 Å². The summed E-state index contributed by atoms with van der Waals surface area (Å²) in [6.45, 7) is 2.24. The molecule has 17 heavy (non-hydrogen) atoms. The highest BCUT2D eigenvalue weighted by Gasteiger charge is 2.09. The van der Waals surface area contributed by atoms with Gasteiger partial charge in [-0.1, -0.05) is 18.2 Å². The second-order valence-electron chi connectivity index (χ2n) is 3.78. The van der Waals surface area contributed by atoms with Gasteiger partial charge in [-0.15, -0.1) is 0 Å². The summed E-state index contributed by atoms with van der Waals surface area (Å²) < 4.78 is 0. The summed E-state index contributed by atoms with van der Waals surface area (Å²) >= 11 is 1.51. The van der Waals surface area contributed by atoms with Gasteiger partial charge in [0.25, 0.3) is 5.91 Å². The first-order chi connectivity index (χ1) is 8.18. The normalized spacial score (nSPS) is 10.2. The molecule has 2 rings (SSSR count). The number of amides is 1. The molecule has 4 heteroatoms. The number of hydrogen-bond acceptors (Lipinski definition) is 3. The van der Waals surface area contributed by atoms with Crippen molar-refractivity contribution in [1.29, 1.82) is 0 Å². The van der Waals surface area contributed by atoms with Crippen LogP contribution < -0.4 is 5.32 Å². The number of carbonyl (C=O) groups excluding carboxylic acids is 1. The Balaban J connectivity index is 2.02. The molecule has 0 bridgehead atoms. The van der Waals surface area contributed by atoms with Crippen LogP contribution in [0.1, 0.15) is 21.5 Å². The maximum atomic E-state index is 11.8. The van der Waals surface area contributed by atoms with Crippen molar-refractivity contribution in [3.8, 4) is 5.75 Å². The molecule has 2 N–H and O–H groups in total.